The number of amides is 1. The maximum Gasteiger partial charge on any atom is 0.276 e. The molecule has 1 aliphatic heterocycles. The minimum atomic E-state index is -0.400. The second-order valence-electron chi connectivity index (χ2n) is 10.2. The molecule has 1 aromatic heterocycles. The number of primary amides is 1. The molecule has 3 N–H and O–H groups in total. The van der Waals surface area contributed by atoms with Gasteiger partial charge in [-0.15, -0.1) is 0 Å². The number of anilines is 3. The quantitative estimate of drug-likeness (QED) is 0.316. The van der Waals surface area contributed by atoms with E-state index in [0.29, 0.717) is 16.9 Å². The topological polar surface area (TPSA) is 93.4 Å². The van der Waals surface area contributed by atoms with Gasteiger partial charge in [0.15, 0.2) is 6.04 Å². The lowest BCUT2D eigenvalue weighted by Gasteiger charge is -2.36. The summed E-state index contributed by atoms with van der Waals surface area (Å²) >= 11 is 0. The average Bonchev–Trinajstić information content (AvgIpc) is 2.97. The Kier molecular flexibility index (Phi) is 7.86. The number of ether oxygens (including phenoxy) is 1. The lowest BCUT2D eigenvalue weighted by Crippen LogP contribution is -2.57. The van der Waals surface area contributed by atoms with E-state index >= 15 is 0 Å². The third-order valence-corrected chi connectivity index (χ3v) is 7.36. The lowest BCUT2D eigenvalue weighted by atomic mass is 10.0. The van der Waals surface area contributed by atoms with E-state index in [0.717, 1.165) is 54.5 Å². The van der Waals surface area contributed by atoms with E-state index in [2.05, 4.69) is 27.3 Å². The minimum absolute atomic E-state index is 0.322. The fraction of sp³-hybridized carbons (Fsp3) is 0.258. The Hall–Kier alpha value is -4.27. The van der Waals surface area contributed by atoms with Gasteiger partial charge in [-0.25, -0.2) is 9.97 Å². The van der Waals surface area contributed by atoms with Crippen LogP contribution in [0.2, 0.25) is 0 Å². The van der Waals surface area contributed by atoms with Gasteiger partial charge < -0.3 is 20.7 Å². The van der Waals surface area contributed by atoms with Crippen LogP contribution in [0, 0.1) is 0 Å². The van der Waals surface area contributed by atoms with Crippen molar-refractivity contribution in [1.29, 1.82) is 0 Å². The Labute approximate surface area is 229 Å². The van der Waals surface area contributed by atoms with Crippen molar-refractivity contribution in [3.63, 3.8) is 0 Å². The van der Waals surface area contributed by atoms with E-state index in [1.807, 2.05) is 86.9 Å². The van der Waals surface area contributed by atoms with Gasteiger partial charge in [0.25, 0.3) is 5.91 Å². The zero-order chi connectivity index (χ0) is 27.2. The number of nitrogens with one attached hydrogen (secondary N) is 1. The molecule has 0 aliphatic carbocycles. The third-order valence-electron chi connectivity index (χ3n) is 7.36. The first-order valence-electron chi connectivity index (χ1n) is 13.2. The molecule has 39 heavy (non-hydrogen) atoms. The predicted molar refractivity (Wildman–Crippen MR) is 157 cm³/mol. The summed E-state index contributed by atoms with van der Waals surface area (Å²) in [5.41, 5.74) is 11.8. The molecule has 3 aromatic carbocycles. The summed E-state index contributed by atoms with van der Waals surface area (Å²) in [6.45, 7) is 3.33. The molecule has 1 fully saturated rings. The highest BCUT2D eigenvalue weighted by Gasteiger charge is 2.35. The highest BCUT2D eigenvalue weighted by molar-refractivity contribution is 5.82. The van der Waals surface area contributed by atoms with Crippen LogP contribution in [0.15, 0.2) is 91.1 Å². The fourth-order valence-electron chi connectivity index (χ4n) is 4.97. The number of morpholine rings is 1. The van der Waals surface area contributed by atoms with Crippen LogP contribution >= 0.6 is 0 Å². The fourth-order valence-corrected chi connectivity index (χ4v) is 4.97. The number of likely N-dealkylation sites (N-methyl/N-ethyl adjacent to an activating group) is 1. The van der Waals surface area contributed by atoms with Crippen molar-refractivity contribution in [3.8, 4) is 11.3 Å². The van der Waals surface area contributed by atoms with E-state index < -0.39 is 6.04 Å². The molecule has 1 atom stereocenters. The zero-order valence-electron chi connectivity index (χ0n) is 22.5. The summed E-state index contributed by atoms with van der Waals surface area (Å²) in [5.74, 6) is 0.209. The predicted octanol–water partition coefficient (Wildman–Crippen LogP) is 4.39. The summed E-state index contributed by atoms with van der Waals surface area (Å²) in [5, 5.41) is 3.31. The number of carbonyl (C=O) groups is 1. The highest BCUT2D eigenvalue weighted by atomic mass is 16.5. The van der Waals surface area contributed by atoms with Gasteiger partial charge in [0, 0.05) is 42.6 Å². The number of nitrogens with two attached hydrogens (primary N) is 1. The maximum absolute atomic E-state index is 12.5. The van der Waals surface area contributed by atoms with Crippen molar-refractivity contribution < 1.29 is 9.53 Å². The van der Waals surface area contributed by atoms with Crippen molar-refractivity contribution in [3.05, 3.63) is 96.7 Å². The molecule has 4 aromatic rings. The molecule has 0 bridgehead atoms. The SMILES string of the molecule is C[N+](C)(c1ccc(-c2ccnc(Nc3ccc(N4CCOCC4)cc3)n2)cc1)[C@@H](Cc1ccccc1)C(N)=O. The first-order valence-corrected chi connectivity index (χ1v) is 13.2. The summed E-state index contributed by atoms with van der Waals surface area (Å²) in [4.78, 5) is 23.9. The van der Waals surface area contributed by atoms with Crippen LogP contribution in [0.4, 0.5) is 23.0 Å². The molecule has 0 spiro atoms. The summed E-state index contributed by atoms with van der Waals surface area (Å²) in [6, 6.07) is 27.9. The van der Waals surface area contributed by atoms with E-state index in [4.69, 9.17) is 15.5 Å². The molecule has 1 saturated heterocycles. The van der Waals surface area contributed by atoms with E-state index in [1.54, 1.807) is 6.20 Å². The Morgan fingerprint density at radius 2 is 1.67 bits per heavy atom. The number of nitrogens with zero attached hydrogens (tertiary/aromatic N) is 4. The molecule has 0 unspecified atom stereocenters. The number of benzene rings is 3. The van der Waals surface area contributed by atoms with E-state index in [9.17, 15) is 4.79 Å². The molecule has 8 heteroatoms. The van der Waals surface area contributed by atoms with Crippen molar-refractivity contribution in [2.24, 2.45) is 5.73 Å². The van der Waals surface area contributed by atoms with Crippen LogP contribution < -0.4 is 20.4 Å². The molecule has 0 radical (unpaired) electrons. The van der Waals surface area contributed by atoms with Gasteiger partial charge in [-0.3, -0.25) is 9.28 Å². The molecular weight excluding hydrogens is 488 g/mol. The van der Waals surface area contributed by atoms with Gasteiger partial charge in [-0.2, -0.15) is 0 Å². The van der Waals surface area contributed by atoms with Crippen LogP contribution in [-0.4, -0.2) is 62.3 Å². The largest absolute Gasteiger partial charge is 0.378 e. The van der Waals surface area contributed by atoms with Crippen molar-refractivity contribution >= 4 is 28.9 Å². The summed E-state index contributed by atoms with van der Waals surface area (Å²) < 4.78 is 5.79. The molecular formula is C31H35N6O2+. The standard InChI is InChI=1S/C31H34N6O2/c1-37(2,29(30(32)38)22-23-6-4-3-5-7-23)27-14-8-24(9-15-27)28-16-17-33-31(35-28)34-25-10-12-26(13-11-25)36-18-20-39-21-19-36/h3-17,29H,18-22H2,1-2H3,(H2-,32,33,34,35,38)/p+1/t29-/m0/s1. The van der Waals surface area contributed by atoms with Crippen LogP contribution in [0.1, 0.15) is 5.56 Å². The van der Waals surface area contributed by atoms with Gasteiger partial charge in [-0.05, 0) is 60.2 Å². The molecule has 8 nitrogen and oxygen atoms in total. The number of hydrogen-bond donors (Lipinski definition) is 2. The van der Waals surface area contributed by atoms with Gasteiger partial charge in [-0.1, -0.05) is 30.3 Å². The monoisotopic (exact) mass is 523 g/mol. The van der Waals surface area contributed by atoms with Crippen LogP contribution in [0.25, 0.3) is 11.3 Å². The third kappa shape index (κ3) is 6.25. The number of aromatic nitrogens is 2. The van der Waals surface area contributed by atoms with E-state index in [-0.39, 0.29) is 5.91 Å². The zero-order valence-corrected chi connectivity index (χ0v) is 22.5. The average molecular weight is 524 g/mol. The molecule has 1 aliphatic rings. The normalized spacial score (nSPS) is 14.6. The smallest absolute Gasteiger partial charge is 0.276 e. The Balaban J connectivity index is 1.29. The van der Waals surface area contributed by atoms with Crippen LogP contribution in [0.5, 0.6) is 0 Å². The lowest BCUT2D eigenvalue weighted by molar-refractivity contribution is -0.122. The minimum Gasteiger partial charge on any atom is -0.378 e. The molecule has 5 rings (SSSR count). The molecule has 2 heterocycles. The van der Waals surface area contributed by atoms with Crippen LogP contribution in [0.3, 0.4) is 0 Å². The van der Waals surface area contributed by atoms with Crippen molar-refractivity contribution in [2.45, 2.75) is 12.5 Å². The number of rotatable bonds is 9. The highest BCUT2D eigenvalue weighted by Crippen LogP contribution is 2.28. The first-order chi connectivity index (χ1) is 18.9. The van der Waals surface area contributed by atoms with Crippen LogP contribution in [-0.2, 0) is 16.0 Å². The Morgan fingerprint density at radius 1 is 0.974 bits per heavy atom. The van der Waals surface area contributed by atoms with Gasteiger partial charge in [0.1, 0.15) is 5.69 Å². The summed E-state index contributed by atoms with van der Waals surface area (Å²) in [7, 11) is 4.04. The molecule has 200 valence electrons. The summed E-state index contributed by atoms with van der Waals surface area (Å²) in [6.07, 6.45) is 2.32. The molecule has 0 saturated carbocycles. The second-order valence-corrected chi connectivity index (χ2v) is 10.2. The van der Waals surface area contributed by atoms with Crippen molar-refractivity contribution in [1.82, 2.24) is 14.5 Å². The number of quaternary nitrogens is 1. The van der Waals surface area contributed by atoms with Crippen molar-refractivity contribution in [2.75, 3.05) is 50.6 Å². The number of carbonyl (C=O) groups excluding carboxylic acids is 1. The van der Waals surface area contributed by atoms with E-state index in [1.165, 1.54) is 5.69 Å². The van der Waals surface area contributed by atoms with Gasteiger partial charge in [0.2, 0.25) is 5.95 Å². The Bertz CT molecular complexity index is 1390. The first kappa shape index (κ1) is 26.3. The molecule has 1 amide bonds. The second kappa shape index (κ2) is 11.6. The van der Waals surface area contributed by atoms with Gasteiger partial charge in [0.05, 0.1) is 33.0 Å². The Morgan fingerprint density at radius 3 is 2.33 bits per heavy atom. The number of hydrogen-bond acceptors (Lipinski definition) is 6. The maximum atomic E-state index is 12.5. The van der Waals surface area contributed by atoms with Gasteiger partial charge >= 0.3 is 0 Å².